The minimum Gasteiger partial charge on any atom is -0.486 e. The summed E-state index contributed by atoms with van der Waals surface area (Å²) in [5, 5.41) is 5.59. The maximum Gasteiger partial charge on any atom is 0.321 e. The van der Waals surface area contributed by atoms with Crippen molar-refractivity contribution in [2.24, 2.45) is 0 Å². The van der Waals surface area contributed by atoms with E-state index in [9.17, 15) is 9.18 Å². The Labute approximate surface area is 137 Å². The molecule has 2 amide bonds. The summed E-state index contributed by atoms with van der Waals surface area (Å²) in [5.41, 5.74) is 0. The highest BCUT2D eigenvalue weighted by molar-refractivity contribution is 7.98. The first-order valence-electron chi connectivity index (χ1n) is 6.83. The number of hydrogen-bond acceptors (Lipinski definition) is 6. The molecule has 0 unspecified atom stereocenters. The van der Waals surface area contributed by atoms with Gasteiger partial charge in [-0.25, -0.2) is 14.2 Å². The first-order valence-corrected chi connectivity index (χ1v) is 8.05. The first-order chi connectivity index (χ1) is 11.1. The standard InChI is InChI=1S/C14H16FN5O2S/c1-3-16-13(21)19-12-17-11(18-14(20-12)23-2)8-22-10-6-4-9(15)5-7-10/h4-7H,3,8H2,1-2H3,(H2,16,17,18,19,20,21). The van der Waals surface area contributed by atoms with Crippen molar-refractivity contribution in [3.63, 3.8) is 0 Å². The molecule has 122 valence electrons. The zero-order valence-electron chi connectivity index (χ0n) is 12.7. The van der Waals surface area contributed by atoms with Gasteiger partial charge in [-0.15, -0.1) is 0 Å². The highest BCUT2D eigenvalue weighted by Gasteiger charge is 2.09. The van der Waals surface area contributed by atoms with Gasteiger partial charge in [0.2, 0.25) is 5.95 Å². The van der Waals surface area contributed by atoms with Crippen LogP contribution in [0.25, 0.3) is 0 Å². The smallest absolute Gasteiger partial charge is 0.321 e. The lowest BCUT2D eigenvalue weighted by Crippen LogP contribution is -2.29. The Morgan fingerprint density at radius 3 is 2.65 bits per heavy atom. The number of carbonyl (C=O) groups is 1. The number of benzene rings is 1. The van der Waals surface area contributed by atoms with Crippen LogP contribution in [-0.2, 0) is 6.61 Å². The summed E-state index contributed by atoms with van der Waals surface area (Å²) in [7, 11) is 0. The zero-order valence-corrected chi connectivity index (χ0v) is 13.5. The Kier molecular flexibility index (Phi) is 6.10. The molecule has 0 atom stereocenters. The second kappa shape index (κ2) is 8.28. The molecule has 2 aromatic rings. The van der Waals surface area contributed by atoms with Crippen LogP contribution in [-0.4, -0.2) is 33.8 Å². The molecule has 0 aliphatic carbocycles. The monoisotopic (exact) mass is 337 g/mol. The van der Waals surface area contributed by atoms with Crippen molar-refractivity contribution in [2.45, 2.75) is 18.7 Å². The van der Waals surface area contributed by atoms with E-state index in [1.54, 1.807) is 0 Å². The van der Waals surface area contributed by atoms with Crippen LogP contribution < -0.4 is 15.4 Å². The van der Waals surface area contributed by atoms with Crippen molar-refractivity contribution < 1.29 is 13.9 Å². The Morgan fingerprint density at radius 1 is 1.26 bits per heavy atom. The molecule has 1 heterocycles. The van der Waals surface area contributed by atoms with Crippen LogP contribution in [0.5, 0.6) is 5.75 Å². The van der Waals surface area contributed by atoms with Crippen LogP contribution in [0.3, 0.4) is 0 Å². The van der Waals surface area contributed by atoms with Gasteiger partial charge in [-0.3, -0.25) is 5.32 Å². The number of nitrogens with zero attached hydrogens (tertiary/aromatic N) is 3. The van der Waals surface area contributed by atoms with Crippen molar-refractivity contribution >= 4 is 23.7 Å². The van der Waals surface area contributed by atoms with E-state index in [0.29, 0.717) is 23.3 Å². The summed E-state index contributed by atoms with van der Waals surface area (Å²) in [6.45, 7) is 2.38. The highest BCUT2D eigenvalue weighted by Crippen LogP contribution is 2.15. The van der Waals surface area contributed by atoms with E-state index < -0.39 is 6.03 Å². The third kappa shape index (κ3) is 5.37. The molecule has 0 saturated carbocycles. The second-order valence-electron chi connectivity index (χ2n) is 4.29. The van der Waals surface area contributed by atoms with E-state index in [1.165, 1.54) is 36.0 Å². The summed E-state index contributed by atoms with van der Waals surface area (Å²) in [4.78, 5) is 24.0. The molecule has 23 heavy (non-hydrogen) atoms. The number of halogens is 1. The third-order valence-corrected chi connectivity index (χ3v) is 3.14. The molecule has 9 heteroatoms. The Balaban J connectivity index is 2.07. The molecule has 1 aromatic carbocycles. The van der Waals surface area contributed by atoms with Crippen LogP contribution in [0.2, 0.25) is 0 Å². The number of ether oxygens (including phenoxy) is 1. The van der Waals surface area contributed by atoms with Gasteiger partial charge in [0.1, 0.15) is 18.2 Å². The molecular formula is C14H16FN5O2S. The van der Waals surface area contributed by atoms with Gasteiger partial charge in [0.05, 0.1) is 0 Å². The van der Waals surface area contributed by atoms with Crippen molar-refractivity contribution in [1.29, 1.82) is 0 Å². The number of amides is 2. The first kappa shape index (κ1) is 16.9. The van der Waals surface area contributed by atoms with E-state index in [4.69, 9.17) is 4.74 Å². The molecule has 0 fully saturated rings. The lowest BCUT2D eigenvalue weighted by Gasteiger charge is -2.09. The quantitative estimate of drug-likeness (QED) is 0.787. The number of aromatic nitrogens is 3. The SMILES string of the molecule is CCNC(=O)Nc1nc(COc2ccc(F)cc2)nc(SC)n1. The summed E-state index contributed by atoms with van der Waals surface area (Å²) < 4.78 is 18.3. The molecule has 7 nitrogen and oxygen atoms in total. The third-order valence-electron chi connectivity index (χ3n) is 2.59. The molecule has 2 N–H and O–H groups in total. The van der Waals surface area contributed by atoms with Crippen LogP contribution in [0.1, 0.15) is 12.7 Å². The maximum atomic E-state index is 12.8. The van der Waals surface area contributed by atoms with Gasteiger partial charge >= 0.3 is 6.03 Å². The van der Waals surface area contributed by atoms with Gasteiger partial charge in [-0.05, 0) is 37.4 Å². The normalized spacial score (nSPS) is 10.2. The van der Waals surface area contributed by atoms with Crippen LogP contribution >= 0.6 is 11.8 Å². The number of anilines is 1. The van der Waals surface area contributed by atoms with Crippen LogP contribution in [0.4, 0.5) is 15.1 Å². The Hall–Kier alpha value is -2.42. The van der Waals surface area contributed by atoms with E-state index in [2.05, 4.69) is 25.6 Å². The molecular weight excluding hydrogens is 321 g/mol. The van der Waals surface area contributed by atoms with Gasteiger partial charge in [-0.1, -0.05) is 11.8 Å². The van der Waals surface area contributed by atoms with E-state index in [-0.39, 0.29) is 18.4 Å². The average molecular weight is 337 g/mol. The van der Waals surface area contributed by atoms with Gasteiger partial charge in [-0.2, -0.15) is 9.97 Å². The van der Waals surface area contributed by atoms with Crippen molar-refractivity contribution in [2.75, 3.05) is 18.1 Å². The molecule has 1 aromatic heterocycles. The minimum atomic E-state index is -0.392. The van der Waals surface area contributed by atoms with Crippen LogP contribution in [0, 0.1) is 5.82 Å². The van der Waals surface area contributed by atoms with Crippen molar-refractivity contribution in [3.8, 4) is 5.75 Å². The number of carbonyl (C=O) groups excluding carboxylic acids is 1. The topological polar surface area (TPSA) is 89.0 Å². The second-order valence-corrected chi connectivity index (χ2v) is 5.06. The summed E-state index contributed by atoms with van der Waals surface area (Å²) in [5.74, 6) is 0.667. The molecule has 0 radical (unpaired) electrons. The minimum absolute atomic E-state index is 0.0752. The van der Waals surface area contributed by atoms with Gasteiger partial charge in [0.15, 0.2) is 11.0 Å². The lowest BCUT2D eigenvalue weighted by molar-refractivity contribution is 0.252. The molecule has 0 aliphatic rings. The molecule has 0 saturated heterocycles. The predicted octanol–water partition coefficient (Wildman–Crippen LogP) is 2.45. The van der Waals surface area contributed by atoms with E-state index >= 15 is 0 Å². The molecule has 0 aliphatic heterocycles. The van der Waals surface area contributed by atoms with Gasteiger partial charge in [0, 0.05) is 6.54 Å². The largest absolute Gasteiger partial charge is 0.486 e. The maximum absolute atomic E-state index is 12.8. The molecule has 0 spiro atoms. The van der Waals surface area contributed by atoms with E-state index in [0.717, 1.165) is 0 Å². The van der Waals surface area contributed by atoms with Crippen LogP contribution in [0.15, 0.2) is 29.4 Å². The van der Waals surface area contributed by atoms with E-state index in [1.807, 2.05) is 13.2 Å². The molecule has 0 bridgehead atoms. The summed E-state index contributed by atoms with van der Waals surface area (Å²) >= 11 is 1.32. The van der Waals surface area contributed by atoms with Crippen molar-refractivity contribution in [1.82, 2.24) is 20.3 Å². The fraction of sp³-hybridized carbons (Fsp3) is 0.286. The zero-order chi connectivity index (χ0) is 16.7. The Bertz CT molecular complexity index is 669. The fourth-order valence-corrected chi connectivity index (χ4v) is 1.97. The average Bonchev–Trinajstić information content (AvgIpc) is 2.54. The number of thioether (sulfide) groups is 1. The summed E-state index contributed by atoms with van der Waals surface area (Å²) in [6.07, 6.45) is 1.82. The lowest BCUT2D eigenvalue weighted by atomic mass is 10.3. The number of nitrogens with one attached hydrogen (secondary N) is 2. The number of hydrogen-bond donors (Lipinski definition) is 2. The summed E-state index contributed by atoms with van der Waals surface area (Å²) in [6, 6.07) is 5.24. The fourth-order valence-electron chi connectivity index (χ4n) is 1.59. The van der Waals surface area contributed by atoms with Gasteiger partial charge < -0.3 is 10.1 Å². The number of urea groups is 1. The van der Waals surface area contributed by atoms with Crippen molar-refractivity contribution in [3.05, 3.63) is 35.9 Å². The highest BCUT2D eigenvalue weighted by atomic mass is 32.2. The molecule has 2 rings (SSSR count). The van der Waals surface area contributed by atoms with Gasteiger partial charge in [0.25, 0.3) is 0 Å². The number of rotatable bonds is 6. The predicted molar refractivity (Wildman–Crippen MR) is 85.0 cm³/mol. The Morgan fingerprint density at radius 2 is 2.00 bits per heavy atom.